The second-order valence-electron chi connectivity index (χ2n) is 5.58. The van der Waals surface area contributed by atoms with Gasteiger partial charge >= 0.3 is 0 Å². The molecule has 2 rings (SSSR count). The van der Waals surface area contributed by atoms with E-state index in [1.807, 2.05) is 7.05 Å². The summed E-state index contributed by atoms with van der Waals surface area (Å²) in [6, 6.07) is 3.99. The molecule has 4 heteroatoms. The fourth-order valence-electron chi connectivity index (χ4n) is 3.36. The van der Waals surface area contributed by atoms with Crippen LogP contribution in [-0.4, -0.2) is 19.8 Å². The predicted molar refractivity (Wildman–Crippen MR) is 75.6 cm³/mol. The molecule has 0 bridgehead atoms. The summed E-state index contributed by atoms with van der Waals surface area (Å²) in [6.07, 6.45) is 6.51. The molecule has 20 heavy (non-hydrogen) atoms. The molecule has 0 aliphatic heterocycles. The van der Waals surface area contributed by atoms with Gasteiger partial charge in [0.05, 0.1) is 11.6 Å². The number of rotatable bonds is 4. The van der Waals surface area contributed by atoms with E-state index in [-0.39, 0.29) is 11.6 Å². The van der Waals surface area contributed by atoms with Gasteiger partial charge in [0, 0.05) is 7.11 Å². The Balaban J connectivity index is 2.34. The molecule has 0 aromatic heterocycles. The Kier molecular flexibility index (Phi) is 5.11. The van der Waals surface area contributed by atoms with Crippen molar-refractivity contribution in [2.24, 2.45) is 0 Å². The van der Waals surface area contributed by atoms with Crippen LogP contribution in [0.4, 0.5) is 8.78 Å². The molecule has 0 saturated heterocycles. The lowest BCUT2D eigenvalue weighted by Crippen LogP contribution is -2.44. The SMILES string of the molecule is CNC(c1ccc(F)c(F)c1)C1(OC)CCCCCC1. The Morgan fingerprint density at radius 1 is 1.10 bits per heavy atom. The zero-order chi connectivity index (χ0) is 14.6. The van der Waals surface area contributed by atoms with Gasteiger partial charge in [0.1, 0.15) is 0 Å². The normalized spacial score (nSPS) is 20.4. The van der Waals surface area contributed by atoms with Crippen molar-refractivity contribution in [2.75, 3.05) is 14.2 Å². The maximum absolute atomic E-state index is 13.5. The largest absolute Gasteiger partial charge is 0.376 e. The summed E-state index contributed by atoms with van der Waals surface area (Å²) in [5.41, 5.74) is 0.408. The molecule has 1 aliphatic rings. The smallest absolute Gasteiger partial charge is 0.159 e. The zero-order valence-corrected chi connectivity index (χ0v) is 12.2. The molecule has 1 N–H and O–H groups in total. The van der Waals surface area contributed by atoms with E-state index in [2.05, 4.69) is 5.32 Å². The molecular weight excluding hydrogens is 260 g/mol. The van der Waals surface area contributed by atoms with Gasteiger partial charge in [0.2, 0.25) is 0 Å². The van der Waals surface area contributed by atoms with Crippen LogP contribution in [-0.2, 0) is 4.74 Å². The minimum atomic E-state index is -0.809. The molecule has 1 unspecified atom stereocenters. The summed E-state index contributed by atoms with van der Waals surface area (Å²) in [5, 5.41) is 3.24. The maximum Gasteiger partial charge on any atom is 0.159 e. The summed E-state index contributed by atoms with van der Waals surface area (Å²) in [7, 11) is 3.56. The van der Waals surface area contributed by atoms with Gasteiger partial charge in [-0.3, -0.25) is 0 Å². The van der Waals surface area contributed by atoms with E-state index in [4.69, 9.17) is 4.74 Å². The average Bonchev–Trinajstić information content (AvgIpc) is 2.70. The second kappa shape index (κ2) is 6.64. The Hall–Kier alpha value is -1.00. The molecule has 1 atom stereocenters. The summed E-state index contributed by atoms with van der Waals surface area (Å²) in [4.78, 5) is 0. The van der Waals surface area contributed by atoms with E-state index < -0.39 is 11.6 Å². The number of nitrogens with one attached hydrogen (secondary N) is 1. The molecule has 0 spiro atoms. The molecule has 1 saturated carbocycles. The van der Waals surface area contributed by atoms with E-state index in [1.165, 1.54) is 25.0 Å². The summed E-state index contributed by atoms with van der Waals surface area (Å²) < 4.78 is 32.5. The highest BCUT2D eigenvalue weighted by Crippen LogP contribution is 2.40. The predicted octanol–water partition coefficient (Wildman–Crippen LogP) is 3.96. The van der Waals surface area contributed by atoms with Gasteiger partial charge in [-0.05, 0) is 37.6 Å². The Labute approximate surface area is 119 Å². The van der Waals surface area contributed by atoms with Gasteiger partial charge in [-0.1, -0.05) is 31.7 Å². The van der Waals surface area contributed by atoms with Crippen LogP contribution in [0, 0.1) is 11.6 Å². The van der Waals surface area contributed by atoms with Gasteiger partial charge in [-0.15, -0.1) is 0 Å². The van der Waals surface area contributed by atoms with Crippen molar-refractivity contribution in [1.29, 1.82) is 0 Å². The van der Waals surface area contributed by atoms with Crippen molar-refractivity contribution >= 4 is 0 Å². The van der Waals surface area contributed by atoms with Crippen molar-refractivity contribution < 1.29 is 13.5 Å². The van der Waals surface area contributed by atoms with Crippen LogP contribution in [0.3, 0.4) is 0 Å². The van der Waals surface area contributed by atoms with E-state index in [9.17, 15) is 8.78 Å². The minimum Gasteiger partial charge on any atom is -0.376 e. The number of hydrogen-bond acceptors (Lipinski definition) is 2. The molecule has 0 amide bonds. The molecule has 1 aliphatic carbocycles. The zero-order valence-electron chi connectivity index (χ0n) is 12.2. The number of methoxy groups -OCH3 is 1. The fraction of sp³-hybridized carbons (Fsp3) is 0.625. The van der Waals surface area contributed by atoms with Gasteiger partial charge in [0.25, 0.3) is 0 Å². The molecule has 112 valence electrons. The Morgan fingerprint density at radius 2 is 1.75 bits per heavy atom. The second-order valence-corrected chi connectivity index (χ2v) is 5.58. The molecule has 2 nitrogen and oxygen atoms in total. The molecule has 1 fully saturated rings. The molecule has 1 aromatic carbocycles. The van der Waals surface area contributed by atoms with E-state index in [0.717, 1.165) is 31.2 Å². The van der Waals surface area contributed by atoms with Crippen LogP contribution >= 0.6 is 0 Å². The van der Waals surface area contributed by atoms with Crippen LogP contribution in [0.25, 0.3) is 0 Å². The van der Waals surface area contributed by atoms with Crippen molar-refractivity contribution in [3.05, 3.63) is 35.4 Å². The molecule has 0 radical (unpaired) electrons. The number of halogens is 2. The lowest BCUT2D eigenvalue weighted by Gasteiger charge is -2.39. The first-order valence-corrected chi connectivity index (χ1v) is 7.30. The first-order chi connectivity index (χ1) is 9.63. The van der Waals surface area contributed by atoms with Crippen molar-refractivity contribution in [3.8, 4) is 0 Å². The first-order valence-electron chi connectivity index (χ1n) is 7.30. The molecular formula is C16H23F2NO. The molecule has 1 aromatic rings. The van der Waals surface area contributed by atoms with Gasteiger partial charge in [-0.2, -0.15) is 0 Å². The highest BCUT2D eigenvalue weighted by atomic mass is 19.2. The standard InChI is InChI=1S/C16H23F2NO/c1-19-15(12-7-8-13(17)14(18)11-12)16(20-2)9-5-3-4-6-10-16/h7-8,11,15,19H,3-6,9-10H2,1-2H3. The Morgan fingerprint density at radius 3 is 2.25 bits per heavy atom. The third kappa shape index (κ3) is 3.01. The van der Waals surface area contributed by atoms with Gasteiger partial charge in [-0.25, -0.2) is 8.78 Å². The van der Waals surface area contributed by atoms with Crippen LogP contribution in [0.1, 0.15) is 50.1 Å². The minimum absolute atomic E-state index is 0.124. The highest BCUT2D eigenvalue weighted by molar-refractivity contribution is 5.24. The van der Waals surface area contributed by atoms with E-state index in [1.54, 1.807) is 13.2 Å². The van der Waals surface area contributed by atoms with Crippen molar-refractivity contribution in [2.45, 2.75) is 50.2 Å². The molecule has 0 heterocycles. The summed E-state index contributed by atoms with van der Waals surface area (Å²) in [5.74, 6) is -1.61. The lowest BCUT2D eigenvalue weighted by atomic mass is 9.82. The van der Waals surface area contributed by atoms with Gasteiger partial charge in [0.15, 0.2) is 11.6 Å². The topological polar surface area (TPSA) is 21.3 Å². The van der Waals surface area contributed by atoms with Crippen LogP contribution in [0.15, 0.2) is 18.2 Å². The number of likely N-dealkylation sites (N-methyl/N-ethyl adjacent to an activating group) is 1. The lowest BCUT2D eigenvalue weighted by molar-refractivity contribution is -0.0523. The van der Waals surface area contributed by atoms with Gasteiger partial charge < -0.3 is 10.1 Å². The monoisotopic (exact) mass is 283 g/mol. The maximum atomic E-state index is 13.5. The third-order valence-electron chi connectivity index (χ3n) is 4.45. The van der Waals surface area contributed by atoms with Crippen LogP contribution < -0.4 is 5.32 Å². The number of hydrogen-bond donors (Lipinski definition) is 1. The van der Waals surface area contributed by atoms with Crippen LogP contribution in [0.2, 0.25) is 0 Å². The van der Waals surface area contributed by atoms with Crippen molar-refractivity contribution in [1.82, 2.24) is 5.32 Å². The number of benzene rings is 1. The Bertz CT molecular complexity index is 442. The summed E-state index contributed by atoms with van der Waals surface area (Å²) >= 11 is 0. The quantitative estimate of drug-likeness (QED) is 0.844. The number of ether oxygens (including phenoxy) is 1. The average molecular weight is 283 g/mol. The fourth-order valence-corrected chi connectivity index (χ4v) is 3.36. The highest BCUT2D eigenvalue weighted by Gasteiger charge is 2.39. The van der Waals surface area contributed by atoms with E-state index >= 15 is 0 Å². The van der Waals surface area contributed by atoms with E-state index in [0.29, 0.717) is 0 Å². The summed E-state index contributed by atoms with van der Waals surface area (Å²) in [6.45, 7) is 0. The first kappa shape index (κ1) is 15.4. The van der Waals surface area contributed by atoms with Crippen LogP contribution in [0.5, 0.6) is 0 Å². The van der Waals surface area contributed by atoms with Crippen molar-refractivity contribution in [3.63, 3.8) is 0 Å². The third-order valence-corrected chi connectivity index (χ3v) is 4.45.